The Bertz CT molecular complexity index is 676. The lowest BCUT2D eigenvalue weighted by Crippen LogP contribution is -2.64. The fourth-order valence-electron chi connectivity index (χ4n) is 5.60. The molecule has 6 aliphatic rings. The molecule has 6 rings (SSSR count). The Morgan fingerprint density at radius 3 is 1.90 bits per heavy atom. The third-order valence-corrected chi connectivity index (χ3v) is 6.18. The molecule has 8 atom stereocenters. The number of carbonyl (C=O) groups excluding carboxylic acids is 4. The highest BCUT2D eigenvalue weighted by Crippen LogP contribution is 2.69. The summed E-state index contributed by atoms with van der Waals surface area (Å²) in [4.78, 5) is 47.7. The molecule has 2 aliphatic heterocycles. The first-order valence-electron chi connectivity index (χ1n) is 7.20. The van der Waals surface area contributed by atoms with Crippen LogP contribution in [0.25, 0.3) is 0 Å². The number of fused-ring (bicyclic) bond motifs is 1. The van der Waals surface area contributed by atoms with Gasteiger partial charge in [0.2, 0.25) is 0 Å². The molecule has 4 fully saturated rings. The first-order valence-corrected chi connectivity index (χ1v) is 7.20. The van der Waals surface area contributed by atoms with Crippen molar-refractivity contribution >= 4 is 23.9 Å². The molecule has 2 bridgehead atoms. The van der Waals surface area contributed by atoms with Crippen LogP contribution >= 0.6 is 0 Å². The van der Waals surface area contributed by atoms with E-state index in [0.717, 1.165) is 5.57 Å². The van der Waals surface area contributed by atoms with Crippen LogP contribution in [0.15, 0.2) is 11.6 Å². The standard InChI is InChI=1S/C15H12O6/c1-3-2-4-6-8(11-10(6)14(18)21-15(11)19)5(3)9-7(4)12(16)20-13(9)17/h2,4-11H,1H3/t4-,5-,6-,7+,8+,9-,10-,11+/m1/s1. The second-order valence-electron chi connectivity index (χ2n) is 6.75. The molecule has 0 aromatic carbocycles. The summed E-state index contributed by atoms with van der Waals surface area (Å²) >= 11 is 0. The Kier molecular flexibility index (Phi) is 1.81. The van der Waals surface area contributed by atoms with Gasteiger partial charge in [-0.2, -0.15) is 0 Å². The van der Waals surface area contributed by atoms with Crippen molar-refractivity contribution in [2.24, 2.45) is 47.3 Å². The van der Waals surface area contributed by atoms with Gasteiger partial charge in [-0.05, 0) is 30.6 Å². The number of carbonyl (C=O) groups is 4. The molecule has 0 aromatic rings. The van der Waals surface area contributed by atoms with Crippen LogP contribution in [-0.2, 0) is 28.7 Å². The van der Waals surface area contributed by atoms with E-state index in [4.69, 9.17) is 9.47 Å². The van der Waals surface area contributed by atoms with E-state index in [9.17, 15) is 19.2 Å². The van der Waals surface area contributed by atoms with Gasteiger partial charge >= 0.3 is 23.9 Å². The summed E-state index contributed by atoms with van der Waals surface area (Å²) < 4.78 is 9.60. The van der Waals surface area contributed by atoms with Crippen molar-refractivity contribution in [1.29, 1.82) is 0 Å². The van der Waals surface area contributed by atoms with E-state index in [-0.39, 0.29) is 23.7 Å². The highest BCUT2D eigenvalue weighted by molar-refractivity contribution is 6.01. The first kappa shape index (κ1) is 11.7. The highest BCUT2D eigenvalue weighted by atomic mass is 16.6. The van der Waals surface area contributed by atoms with E-state index >= 15 is 0 Å². The minimum atomic E-state index is -0.489. The molecular formula is C15H12O6. The maximum absolute atomic E-state index is 12.0. The smallest absolute Gasteiger partial charge is 0.318 e. The molecule has 6 heteroatoms. The van der Waals surface area contributed by atoms with E-state index < -0.39 is 47.5 Å². The second kappa shape index (κ2) is 3.26. The van der Waals surface area contributed by atoms with Crippen molar-refractivity contribution in [3.05, 3.63) is 11.6 Å². The van der Waals surface area contributed by atoms with Crippen molar-refractivity contribution in [2.45, 2.75) is 6.92 Å². The summed E-state index contributed by atoms with van der Waals surface area (Å²) in [5, 5.41) is 0. The summed E-state index contributed by atoms with van der Waals surface area (Å²) in [6.45, 7) is 1.93. The highest BCUT2D eigenvalue weighted by Gasteiger charge is 2.75. The molecule has 2 saturated heterocycles. The van der Waals surface area contributed by atoms with E-state index in [2.05, 4.69) is 0 Å². The Morgan fingerprint density at radius 2 is 1.24 bits per heavy atom. The Labute approximate surface area is 119 Å². The molecule has 21 heavy (non-hydrogen) atoms. The van der Waals surface area contributed by atoms with E-state index in [0.29, 0.717) is 0 Å². The molecule has 4 aliphatic carbocycles. The van der Waals surface area contributed by atoms with Gasteiger partial charge in [0.15, 0.2) is 0 Å². The van der Waals surface area contributed by atoms with Crippen molar-refractivity contribution in [3.63, 3.8) is 0 Å². The van der Waals surface area contributed by atoms with Gasteiger partial charge in [-0.1, -0.05) is 11.6 Å². The molecule has 0 spiro atoms. The average Bonchev–Trinajstić information content (AvgIpc) is 2.79. The summed E-state index contributed by atoms with van der Waals surface area (Å²) in [5.41, 5.74) is 1.03. The lowest BCUT2D eigenvalue weighted by Gasteiger charge is -2.60. The van der Waals surface area contributed by atoms with Crippen LogP contribution in [0, 0.1) is 47.3 Å². The van der Waals surface area contributed by atoms with Crippen molar-refractivity contribution in [2.75, 3.05) is 0 Å². The second-order valence-corrected chi connectivity index (χ2v) is 6.75. The molecule has 0 radical (unpaired) electrons. The van der Waals surface area contributed by atoms with Crippen molar-refractivity contribution in [3.8, 4) is 0 Å². The number of hydrogen-bond acceptors (Lipinski definition) is 6. The van der Waals surface area contributed by atoms with Crippen LogP contribution in [0.4, 0.5) is 0 Å². The zero-order valence-corrected chi connectivity index (χ0v) is 11.1. The Morgan fingerprint density at radius 1 is 0.714 bits per heavy atom. The number of hydrogen-bond donors (Lipinski definition) is 0. The largest absolute Gasteiger partial charge is 0.393 e. The predicted octanol–water partition coefficient (Wildman–Crippen LogP) is 0.0699. The van der Waals surface area contributed by atoms with E-state index in [1.54, 1.807) is 0 Å². The van der Waals surface area contributed by atoms with Crippen LogP contribution in [0.2, 0.25) is 0 Å². The Hall–Kier alpha value is -1.98. The minimum absolute atomic E-state index is 0.0661. The van der Waals surface area contributed by atoms with Crippen LogP contribution in [-0.4, -0.2) is 23.9 Å². The zero-order chi connectivity index (χ0) is 14.6. The fourth-order valence-corrected chi connectivity index (χ4v) is 5.60. The summed E-state index contributed by atoms with van der Waals surface area (Å²) in [7, 11) is 0. The number of allylic oxidation sites excluding steroid dienone is 2. The number of esters is 4. The fraction of sp³-hybridized carbons (Fsp3) is 0.600. The predicted molar refractivity (Wildman–Crippen MR) is 63.9 cm³/mol. The van der Waals surface area contributed by atoms with Crippen LogP contribution in [0.5, 0.6) is 0 Å². The molecule has 0 unspecified atom stereocenters. The summed E-state index contributed by atoms with van der Waals surface area (Å²) in [5.74, 6) is -4.27. The summed E-state index contributed by atoms with van der Waals surface area (Å²) in [6, 6.07) is 0. The molecule has 108 valence electrons. The van der Waals surface area contributed by atoms with Gasteiger partial charge in [-0.25, -0.2) is 0 Å². The van der Waals surface area contributed by atoms with Crippen LogP contribution < -0.4 is 0 Å². The molecule has 2 heterocycles. The third kappa shape index (κ3) is 1.06. The molecule has 0 aromatic heterocycles. The Balaban J connectivity index is 1.66. The average molecular weight is 288 g/mol. The van der Waals surface area contributed by atoms with Gasteiger partial charge < -0.3 is 9.47 Å². The maximum atomic E-state index is 12.0. The normalized spacial score (nSPS) is 52.5. The number of rotatable bonds is 0. The van der Waals surface area contributed by atoms with Crippen molar-refractivity contribution in [1.82, 2.24) is 0 Å². The molecule has 2 saturated carbocycles. The molecule has 0 N–H and O–H groups in total. The number of cyclic esters (lactones) is 4. The first-order chi connectivity index (χ1) is 10.0. The monoisotopic (exact) mass is 288 g/mol. The van der Waals surface area contributed by atoms with Gasteiger partial charge in [0.05, 0.1) is 23.7 Å². The van der Waals surface area contributed by atoms with Gasteiger partial charge in [-0.15, -0.1) is 0 Å². The molecule has 0 amide bonds. The van der Waals surface area contributed by atoms with Crippen LogP contribution in [0.1, 0.15) is 6.92 Å². The lowest BCUT2D eigenvalue weighted by atomic mass is 9.39. The van der Waals surface area contributed by atoms with Gasteiger partial charge in [0.25, 0.3) is 0 Å². The third-order valence-electron chi connectivity index (χ3n) is 6.18. The molecular weight excluding hydrogens is 276 g/mol. The van der Waals surface area contributed by atoms with Crippen LogP contribution in [0.3, 0.4) is 0 Å². The van der Waals surface area contributed by atoms with Gasteiger partial charge in [0.1, 0.15) is 0 Å². The lowest BCUT2D eigenvalue weighted by molar-refractivity contribution is -0.168. The topological polar surface area (TPSA) is 86.7 Å². The molecule has 6 nitrogen and oxygen atoms in total. The zero-order valence-electron chi connectivity index (χ0n) is 11.1. The minimum Gasteiger partial charge on any atom is -0.393 e. The summed E-state index contributed by atoms with van der Waals surface area (Å²) in [6.07, 6.45) is 2.00. The van der Waals surface area contributed by atoms with E-state index in [1.807, 2.05) is 13.0 Å². The number of ether oxygens (including phenoxy) is 2. The van der Waals surface area contributed by atoms with Gasteiger partial charge in [-0.3, -0.25) is 19.2 Å². The SMILES string of the molecule is CC1=C[C@H]2[C@@H]3C(=O)OC(=O)[C@@H]3[C@H]1[C@@H]1[C@@H]3C(=O)OC(=O)[C@@H]3[C@H]21. The van der Waals surface area contributed by atoms with E-state index in [1.165, 1.54) is 0 Å². The van der Waals surface area contributed by atoms with Gasteiger partial charge in [0, 0.05) is 0 Å². The maximum Gasteiger partial charge on any atom is 0.318 e. The quantitative estimate of drug-likeness (QED) is 0.356. The van der Waals surface area contributed by atoms with Crippen molar-refractivity contribution < 1.29 is 28.7 Å².